The zero-order valence-electron chi connectivity index (χ0n) is 17.1. The van der Waals surface area contributed by atoms with Crippen LogP contribution in [0.3, 0.4) is 0 Å². The Morgan fingerprint density at radius 1 is 1.16 bits per heavy atom. The summed E-state index contributed by atoms with van der Waals surface area (Å²) in [5, 5.41) is 5.53. The number of nitrogens with zero attached hydrogens (tertiary/aromatic N) is 1. The van der Waals surface area contributed by atoms with Crippen LogP contribution in [0.2, 0.25) is 5.02 Å². The van der Waals surface area contributed by atoms with Crippen molar-refractivity contribution < 1.29 is 28.2 Å². The monoisotopic (exact) mass is 449 g/mol. The summed E-state index contributed by atoms with van der Waals surface area (Å²) in [5.41, 5.74) is -0.672. The van der Waals surface area contributed by atoms with Crippen LogP contribution >= 0.6 is 11.6 Å². The number of hydrogen-bond acceptors (Lipinski definition) is 5. The van der Waals surface area contributed by atoms with Crippen LogP contribution < -0.4 is 20.1 Å². The highest BCUT2D eigenvalue weighted by atomic mass is 35.5. The van der Waals surface area contributed by atoms with Crippen LogP contribution in [0.5, 0.6) is 11.5 Å². The SMILES string of the molecule is CCC1(c2ccc(F)cc2)NC(=O)N(CC(=O)Nc2cc(OC)c(Cl)cc2OC)C1=O. The molecule has 1 saturated heterocycles. The van der Waals surface area contributed by atoms with Gasteiger partial charge in [-0.3, -0.25) is 14.5 Å². The molecule has 31 heavy (non-hydrogen) atoms. The predicted molar refractivity (Wildman–Crippen MR) is 112 cm³/mol. The minimum absolute atomic E-state index is 0.226. The van der Waals surface area contributed by atoms with E-state index in [0.29, 0.717) is 16.3 Å². The molecule has 1 atom stereocenters. The molecule has 1 heterocycles. The molecule has 1 aliphatic rings. The molecule has 2 aromatic carbocycles. The Morgan fingerprint density at radius 3 is 2.39 bits per heavy atom. The summed E-state index contributed by atoms with van der Waals surface area (Å²) >= 11 is 6.06. The zero-order valence-corrected chi connectivity index (χ0v) is 17.9. The maximum Gasteiger partial charge on any atom is 0.325 e. The van der Waals surface area contributed by atoms with Crippen molar-refractivity contribution in [2.24, 2.45) is 0 Å². The number of ether oxygens (including phenoxy) is 2. The van der Waals surface area contributed by atoms with Crippen LogP contribution in [0.4, 0.5) is 14.9 Å². The van der Waals surface area contributed by atoms with Crippen molar-refractivity contribution in [2.45, 2.75) is 18.9 Å². The number of carbonyl (C=O) groups is 3. The second kappa shape index (κ2) is 8.81. The fourth-order valence-corrected chi connectivity index (χ4v) is 3.67. The number of hydrogen-bond donors (Lipinski definition) is 2. The first-order valence-corrected chi connectivity index (χ1v) is 9.75. The van der Waals surface area contributed by atoms with Gasteiger partial charge in [0.15, 0.2) is 0 Å². The Morgan fingerprint density at radius 2 is 1.81 bits per heavy atom. The van der Waals surface area contributed by atoms with Crippen molar-refractivity contribution in [3.8, 4) is 11.5 Å². The zero-order chi connectivity index (χ0) is 22.8. The van der Waals surface area contributed by atoms with E-state index in [1.807, 2.05) is 0 Å². The molecular weight excluding hydrogens is 429 g/mol. The van der Waals surface area contributed by atoms with E-state index in [4.69, 9.17) is 21.1 Å². The molecule has 0 aromatic heterocycles. The molecule has 0 bridgehead atoms. The topological polar surface area (TPSA) is 97.0 Å². The number of anilines is 1. The normalized spacial score (nSPS) is 18.0. The van der Waals surface area contributed by atoms with Crippen LogP contribution in [-0.4, -0.2) is 43.5 Å². The van der Waals surface area contributed by atoms with Gasteiger partial charge < -0.3 is 20.1 Å². The van der Waals surface area contributed by atoms with Crippen LogP contribution in [0.25, 0.3) is 0 Å². The largest absolute Gasteiger partial charge is 0.495 e. The van der Waals surface area contributed by atoms with E-state index in [0.717, 1.165) is 4.90 Å². The Labute approximate surface area is 183 Å². The van der Waals surface area contributed by atoms with Gasteiger partial charge in [-0.1, -0.05) is 30.7 Å². The molecule has 0 radical (unpaired) electrons. The van der Waals surface area contributed by atoms with Crippen molar-refractivity contribution in [2.75, 3.05) is 26.1 Å². The molecule has 2 aromatic rings. The van der Waals surface area contributed by atoms with Gasteiger partial charge in [0, 0.05) is 12.1 Å². The Balaban J connectivity index is 1.81. The summed E-state index contributed by atoms with van der Waals surface area (Å²) < 4.78 is 23.7. The standard InChI is InChI=1S/C21H21ClFN3O5/c1-4-21(12-5-7-13(23)8-6-12)19(28)26(20(29)25-21)11-18(27)24-15-10-16(30-2)14(22)9-17(15)31-3/h5-10H,4,11H2,1-3H3,(H,24,27)(H,25,29). The van der Waals surface area contributed by atoms with E-state index in [1.165, 1.54) is 50.6 Å². The maximum absolute atomic E-state index is 13.3. The molecule has 0 saturated carbocycles. The fraction of sp³-hybridized carbons (Fsp3) is 0.286. The summed E-state index contributed by atoms with van der Waals surface area (Å²) in [7, 11) is 2.83. The van der Waals surface area contributed by atoms with Crippen molar-refractivity contribution in [3.63, 3.8) is 0 Å². The second-order valence-electron chi connectivity index (χ2n) is 6.82. The van der Waals surface area contributed by atoms with Gasteiger partial charge >= 0.3 is 6.03 Å². The van der Waals surface area contributed by atoms with Gasteiger partial charge in [-0.05, 0) is 24.1 Å². The highest BCUT2D eigenvalue weighted by molar-refractivity contribution is 6.32. The van der Waals surface area contributed by atoms with E-state index in [2.05, 4.69) is 10.6 Å². The van der Waals surface area contributed by atoms with Crippen molar-refractivity contribution in [1.82, 2.24) is 10.2 Å². The van der Waals surface area contributed by atoms with E-state index >= 15 is 0 Å². The number of imide groups is 1. The van der Waals surface area contributed by atoms with Gasteiger partial charge in [-0.25, -0.2) is 9.18 Å². The molecule has 1 aliphatic heterocycles. The van der Waals surface area contributed by atoms with Crippen LogP contribution in [-0.2, 0) is 15.1 Å². The van der Waals surface area contributed by atoms with Crippen LogP contribution in [0.1, 0.15) is 18.9 Å². The van der Waals surface area contributed by atoms with Gasteiger partial charge in [0.05, 0.1) is 24.9 Å². The molecule has 3 rings (SSSR count). The summed E-state index contributed by atoms with van der Waals surface area (Å²) in [6.45, 7) is 1.19. The van der Waals surface area contributed by atoms with Gasteiger partial charge in [0.25, 0.3) is 5.91 Å². The first-order chi connectivity index (χ1) is 14.7. The third kappa shape index (κ3) is 4.13. The molecule has 10 heteroatoms. The average molecular weight is 450 g/mol. The van der Waals surface area contributed by atoms with Crippen molar-refractivity contribution in [1.29, 1.82) is 0 Å². The molecule has 8 nitrogen and oxygen atoms in total. The van der Waals surface area contributed by atoms with Gasteiger partial charge in [-0.15, -0.1) is 0 Å². The molecule has 0 spiro atoms. The lowest BCUT2D eigenvalue weighted by Crippen LogP contribution is -2.44. The molecule has 164 valence electrons. The lowest BCUT2D eigenvalue weighted by atomic mass is 9.87. The van der Waals surface area contributed by atoms with Crippen LogP contribution in [0, 0.1) is 5.82 Å². The third-order valence-corrected chi connectivity index (χ3v) is 5.39. The highest BCUT2D eigenvalue weighted by Crippen LogP contribution is 2.36. The smallest absolute Gasteiger partial charge is 0.325 e. The van der Waals surface area contributed by atoms with Gasteiger partial charge in [0.2, 0.25) is 5.91 Å². The third-order valence-electron chi connectivity index (χ3n) is 5.09. The maximum atomic E-state index is 13.3. The minimum atomic E-state index is -1.37. The number of rotatable bonds is 7. The summed E-state index contributed by atoms with van der Waals surface area (Å²) in [4.78, 5) is 39.1. The molecule has 1 fully saturated rings. The first-order valence-electron chi connectivity index (χ1n) is 9.37. The Bertz CT molecular complexity index is 1030. The average Bonchev–Trinajstić information content (AvgIpc) is 3.00. The van der Waals surface area contributed by atoms with E-state index in [9.17, 15) is 18.8 Å². The number of nitrogens with one attached hydrogen (secondary N) is 2. The lowest BCUT2D eigenvalue weighted by molar-refractivity contribution is -0.134. The van der Waals surface area contributed by atoms with Crippen LogP contribution in [0.15, 0.2) is 36.4 Å². The number of carbonyl (C=O) groups excluding carboxylic acids is 3. The molecule has 0 aliphatic carbocycles. The van der Waals surface area contributed by atoms with Crippen molar-refractivity contribution >= 4 is 35.1 Å². The van der Waals surface area contributed by atoms with E-state index in [-0.39, 0.29) is 17.9 Å². The number of benzene rings is 2. The fourth-order valence-electron chi connectivity index (χ4n) is 3.43. The number of halogens is 2. The molecule has 1 unspecified atom stereocenters. The summed E-state index contributed by atoms with van der Waals surface area (Å²) in [6, 6.07) is 7.52. The number of amides is 4. The van der Waals surface area contributed by atoms with Crippen molar-refractivity contribution in [3.05, 3.63) is 52.8 Å². The molecule has 4 amide bonds. The number of urea groups is 1. The highest BCUT2D eigenvalue weighted by Gasteiger charge is 2.51. The second-order valence-corrected chi connectivity index (χ2v) is 7.23. The summed E-state index contributed by atoms with van der Waals surface area (Å²) in [5.74, 6) is -1.09. The van der Waals surface area contributed by atoms with Gasteiger partial charge in [-0.2, -0.15) is 0 Å². The van der Waals surface area contributed by atoms with Gasteiger partial charge in [0.1, 0.15) is 29.4 Å². The van der Waals surface area contributed by atoms with E-state index in [1.54, 1.807) is 6.92 Å². The first kappa shape index (κ1) is 22.4. The molecular formula is C21H21ClFN3O5. The quantitative estimate of drug-likeness (QED) is 0.632. The lowest BCUT2D eigenvalue weighted by Gasteiger charge is -2.25. The Hall–Kier alpha value is -3.33. The Kier molecular flexibility index (Phi) is 6.35. The number of methoxy groups -OCH3 is 2. The van der Waals surface area contributed by atoms with E-state index < -0.39 is 35.7 Å². The summed E-state index contributed by atoms with van der Waals surface area (Å²) in [6.07, 6.45) is 0.226. The molecule has 2 N–H and O–H groups in total. The predicted octanol–water partition coefficient (Wildman–Crippen LogP) is 3.29. The minimum Gasteiger partial charge on any atom is -0.495 e.